The fourth-order valence-electron chi connectivity index (χ4n) is 4.78. The lowest BCUT2D eigenvalue weighted by atomic mass is 10.1. The zero-order chi connectivity index (χ0) is 27.4. The molecule has 202 valence electrons. The topological polar surface area (TPSA) is 70.5 Å². The number of para-hydroxylation sites is 1. The first kappa shape index (κ1) is 27.4. The smallest absolute Gasteiger partial charge is 0.337 e. The molecule has 3 aromatic rings. The maximum atomic E-state index is 13.2. The maximum Gasteiger partial charge on any atom is 0.416 e. The number of imidazole rings is 1. The highest BCUT2D eigenvalue weighted by Gasteiger charge is 2.31. The molecule has 10 heteroatoms. The molecule has 1 N–H and O–H groups in total. The second-order valence-corrected chi connectivity index (χ2v) is 9.88. The quantitative estimate of drug-likeness (QED) is 0.443. The molecule has 2 heterocycles. The summed E-state index contributed by atoms with van der Waals surface area (Å²) in [5.41, 5.74) is 1.43. The molecule has 1 atom stereocenters. The summed E-state index contributed by atoms with van der Waals surface area (Å²) in [5, 5.41) is 2.75. The zero-order valence-electron chi connectivity index (χ0n) is 21.8. The van der Waals surface area contributed by atoms with E-state index in [9.17, 15) is 22.8 Å². The Hall–Kier alpha value is -3.66. The van der Waals surface area contributed by atoms with Crippen molar-refractivity contribution < 1.29 is 22.8 Å². The van der Waals surface area contributed by atoms with E-state index in [2.05, 4.69) is 10.3 Å². The Bertz CT molecular complexity index is 1350. The SMILES string of the molecule is Cc1cccc2nc(NC(=O)c3cccc(C(F)(F)F)c3)n(C3CCCCN(C(=O)/C=C/CN(C)C)C3)c12. The predicted octanol–water partition coefficient (Wildman–Crippen LogP) is 5.29. The van der Waals surface area contributed by atoms with Crippen molar-refractivity contribution >= 4 is 28.8 Å². The molecule has 7 nitrogen and oxygen atoms in total. The minimum Gasteiger partial charge on any atom is -0.337 e. The summed E-state index contributed by atoms with van der Waals surface area (Å²) in [6, 6.07) is 9.79. The van der Waals surface area contributed by atoms with Crippen molar-refractivity contribution in [2.75, 3.05) is 39.0 Å². The molecule has 0 radical (unpaired) electrons. The van der Waals surface area contributed by atoms with Gasteiger partial charge < -0.3 is 14.4 Å². The van der Waals surface area contributed by atoms with Crippen LogP contribution in [0.3, 0.4) is 0 Å². The van der Waals surface area contributed by atoms with E-state index in [-0.39, 0.29) is 23.5 Å². The van der Waals surface area contributed by atoms with E-state index >= 15 is 0 Å². The van der Waals surface area contributed by atoms with Crippen LogP contribution in [0.2, 0.25) is 0 Å². The van der Waals surface area contributed by atoms with E-state index in [1.807, 2.05) is 59.7 Å². The van der Waals surface area contributed by atoms with Crippen LogP contribution in [0.4, 0.5) is 19.1 Å². The Balaban J connectivity index is 1.68. The number of hydrogen-bond acceptors (Lipinski definition) is 4. The van der Waals surface area contributed by atoms with E-state index in [0.717, 1.165) is 42.5 Å². The van der Waals surface area contributed by atoms with Gasteiger partial charge in [-0.3, -0.25) is 14.9 Å². The van der Waals surface area contributed by atoms with Crippen LogP contribution in [0.25, 0.3) is 11.0 Å². The number of rotatable bonds is 6. The van der Waals surface area contributed by atoms with Crippen LogP contribution in [0.1, 0.15) is 46.8 Å². The largest absolute Gasteiger partial charge is 0.416 e. The highest BCUT2D eigenvalue weighted by Crippen LogP contribution is 2.33. The monoisotopic (exact) mass is 527 g/mol. The Labute approximate surface area is 219 Å². The highest BCUT2D eigenvalue weighted by atomic mass is 19.4. The molecule has 4 rings (SSSR count). The average molecular weight is 528 g/mol. The number of amides is 2. The number of benzene rings is 2. The van der Waals surface area contributed by atoms with Crippen molar-refractivity contribution in [3.63, 3.8) is 0 Å². The number of aryl methyl sites for hydroxylation is 1. The second-order valence-electron chi connectivity index (χ2n) is 9.88. The molecule has 0 saturated carbocycles. The summed E-state index contributed by atoms with van der Waals surface area (Å²) in [6.07, 6.45) is 1.36. The number of likely N-dealkylation sites (N-methyl/N-ethyl adjacent to an activating group) is 1. The Morgan fingerprint density at radius 3 is 2.66 bits per heavy atom. The van der Waals surface area contributed by atoms with Crippen LogP contribution in [0, 0.1) is 6.92 Å². The van der Waals surface area contributed by atoms with Gasteiger partial charge in [0, 0.05) is 31.3 Å². The molecule has 1 aliphatic heterocycles. The molecular weight excluding hydrogens is 495 g/mol. The summed E-state index contributed by atoms with van der Waals surface area (Å²) in [5.74, 6) is -0.507. The first-order chi connectivity index (χ1) is 18.0. The average Bonchev–Trinajstić information content (AvgIpc) is 3.05. The van der Waals surface area contributed by atoms with Gasteiger partial charge in [-0.15, -0.1) is 0 Å². The summed E-state index contributed by atoms with van der Waals surface area (Å²) in [4.78, 5) is 34.5. The number of alkyl halides is 3. The van der Waals surface area contributed by atoms with Crippen molar-refractivity contribution in [2.24, 2.45) is 0 Å². The molecule has 2 amide bonds. The number of anilines is 1. The normalized spacial score (nSPS) is 16.8. The Morgan fingerprint density at radius 1 is 1.16 bits per heavy atom. The third kappa shape index (κ3) is 6.24. The molecular formula is C28H32F3N5O2. The Morgan fingerprint density at radius 2 is 1.92 bits per heavy atom. The third-order valence-corrected chi connectivity index (χ3v) is 6.64. The maximum absolute atomic E-state index is 13.2. The number of carbonyl (C=O) groups is 2. The molecule has 38 heavy (non-hydrogen) atoms. The van der Waals surface area contributed by atoms with E-state index in [0.29, 0.717) is 25.2 Å². The molecule has 1 aromatic heterocycles. The lowest BCUT2D eigenvalue weighted by molar-refractivity contribution is -0.137. The van der Waals surface area contributed by atoms with Gasteiger partial charge in [-0.05, 0) is 70.1 Å². The molecule has 1 saturated heterocycles. The minimum absolute atomic E-state index is 0.0746. The molecule has 0 spiro atoms. The third-order valence-electron chi connectivity index (χ3n) is 6.64. The number of fused-ring (bicyclic) bond motifs is 1. The number of carbonyl (C=O) groups excluding carboxylic acids is 2. The lowest BCUT2D eigenvalue weighted by Gasteiger charge is -2.26. The van der Waals surface area contributed by atoms with Gasteiger partial charge in [-0.25, -0.2) is 4.98 Å². The van der Waals surface area contributed by atoms with E-state index in [1.54, 1.807) is 6.08 Å². The van der Waals surface area contributed by atoms with Crippen molar-refractivity contribution in [2.45, 2.75) is 38.4 Å². The molecule has 1 unspecified atom stereocenters. The number of hydrogen-bond donors (Lipinski definition) is 1. The van der Waals surface area contributed by atoms with Gasteiger partial charge in [0.1, 0.15) is 0 Å². The fraction of sp³-hybridized carbons (Fsp3) is 0.393. The van der Waals surface area contributed by atoms with Gasteiger partial charge in [-0.2, -0.15) is 13.2 Å². The summed E-state index contributed by atoms with van der Waals surface area (Å²) < 4.78 is 41.6. The highest BCUT2D eigenvalue weighted by molar-refractivity contribution is 6.04. The van der Waals surface area contributed by atoms with Crippen molar-refractivity contribution in [3.05, 3.63) is 71.3 Å². The van der Waals surface area contributed by atoms with Crippen molar-refractivity contribution in [1.29, 1.82) is 0 Å². The Kier molecular flexibility index (Phi) is 8.20. The zero-order valence-corrected chi connectivity index (χ0v) is 21.8. The number of aromatic nitrogens is 2. The van der Waals surface area contributed by atoms with Gasteiger partial charge >= 0.3 is 6.18 Å². The minimum atomic E-state index is -4.56. The van der Waals surface area contributed by atoms with E-state index in [4.69, 9.17) is 0 Å². The lowest BCUT2D eigenvalue weighted by Crippen LogP contribution is -2.35. The van der Waals surface area contributed by atoms with Crippen LogP contribution >= 0.6 is 0 Å². The van der Waals surface area contributed by atoms with E-state index in [1.165, 1.54) is 12.1 Å². The van der Waals surface area contributed by atoms with Crippen LogP contribution in [-0.4, -0.2) is 64.9 Å². The summed E-state index contributed by atoms with van der Waals surface area (Å²) >= 11 is 0. The number of halogens is 3. The van der Waals surface area contributed by atoms with Gasteiger partial charge in [0.25, 0.3) is 5.91 Å². The first-order valence-electron chi connectivity index (χ1n) is 12.6. The van der Waals surface area contributed by atoms with Crippen LogP contribution in [0.5, 0.6) is 0 Å². The van der Waals surface area contributed by atoms with E-state index < -0.39 is 17.6 Å². The number of nitrogens with one attached hydrogen (secondary N) is 1. The van der Waals surface area contributed by atoms with Crippen LogP contribution in [0.15, 0.2) is 54.6 Å². The molecule has 0 bridgehead atoms. The van der Waals surface area contributed by atoms with Crippen LogP contribution in [-0.2, 0) is 11.0 Å². The molecule has 0 aliphatic carbocycles. The summed E-state index contributed by atoms with van der Waals surface area (Å²) in [7, 11) is 3.86. The molecule has 2 aromatic carbocycles. The second kappa shape index (κ2) is 11.4. The first-order valence-corrected chi connectivity index (χ1v) is 12.6. The van der Waals surface area contributed by atoms with Crippen LogP contribution < -0.4 is 5.32 Å². The molecule has 1 fully saturated rings. The summed E-state index contributed by atoms with van der Waals surface area (Å²) in [6.45, 7) is 3.65. The number of nitrogens with zero attached hydrogens (tertiary/aromatic N) is 4. The predicted molar refractivity (Wildman–Crippen MR) is 141 cm³/mol. The standard InChI is InChI=1S/C28H32F3N5O2/c1-19-9-6-13-23-25(19)36(22-12-4-5-16-35(18-22)24(37)14-8-15-34(2)3)27(32-23)33-26(38)20-10-7-11-21(17-20)28(29,30)31/h6-11,13-14,17,22H,4-5,12,15-16,18H2,1-3H3,(H,32,33,38)/b14-8+. The molecule has 1 aliphatic rings. The van der Waals surface area contributed by atoms with Gasteiger partial charge in [0.05, 0.1) is 22.6 Å². The van der Waals surface area contributed by atoms with Crippen molar-refractivity contribution in [1.82, 2.24) is 19.4 Å². The fourth-order valence-corrected chi connectivity index (χ4v) is 4.78. The van der Waals surface area contributed by atoms with Gasteiger partial charge in [-0.1, -0.05) is 24.3 Å². The number of likely N-dealkylation sites (tertiary alicyclic amines) is 1. The van der Waals surface area contributed by atoms with Gasteiger partial charge in [0.15, 0.2) is 0 Å². The van der Waals surface area contributed by atoms with Gasteiger partial charge in [0.2, 0.25) is 11.9 Å². The van der Waals surface area contributed by atoms with Crippen molar-refractivity contribution in [3.8, 4) is 0 Å².